The van der Waals surface area contributed by atoms with Gasteiger partial charge in [-0.3, -0.25) is 0 Å². The van der Waals surface area contributed by atoms with Gasteiger partial charge >= 0.3 is 0 Å². The van der Waals surface area contributed by atoms with Crippen LogP contribution in [0.1, 0.15) is 17.9 Å². The third-order valence-electron chi connectivity index (χ3n) is 4.35. The highest BCUT2D eigenvalue weighted by Crippen LogP contribution is 2.33. The van der Waals surface area contributed by atoms with Gasteiger partial charge in [-0.25, -0.2) is 14.4 Å². The highest BCUT2D eigenvalue weighted by atomic mass is 19.1. The molecule has 4 rings (SSSR count). The minimum atomic E-state index is -0.292. The number of hydrogen-bond donors (Lipinski definition) is 0. The van der Waals surface area contributed by atoms with Crippen molar-refractivity contribution in [2.75, 3.05) is 18.0 Å². The fourth-order valence-corrected chi connectivity index (χ4v) is 3.24. The Morgan fingerprint density at radius 2 is 1.86 bits per heavy atom. The molecule has 22 heavy (non-hydrogen) atoms. The number of anilines is 1. The van der Waals surface area contributed by atoms with Crippen molar-refractivity contribution < 1.29 is 4.39 Å². The lowest BCUT2D eigenvalue weighted by Crippen LogP contribution is -2.21. The zero-order chi connectivity index (χ0) is 14.9. The van der Waals surface area contributed by atoms with Crippen LogP contribution < -0.4 is 4.90 Å². The quantitative estimate of drug-likeness (QED) is 0.720. The average Bonchev–Trinajstić information content (AvgIpc) is 3.05. The third kappa shape index (κ3) is 2.21. The summed E-state index contributed by atoms with van der Waals surface area (Å²) in [6.45, 7) is 1.84. The Labute approximate surface area is 128 Å². The van der Waals surface area contributed by atoms with Crippen molar-refractivity contribution in [2.45, 2.75) is 12.3 Å². The van der Waals surface area contributed by atoms with Crippen LogP contribution in [0.3, 0.4) is 0 Å². The summed E-state index contributed by atoms with van der Waals surface area (Å²) in [7, 11) is 0. The third-order valence-corrected chi connectivity index (χ3v) is 4.35. The van der Waals surface area contributed by atoms with Gasteiger partial charge in [0.05, 0.1) is 0 Å². The van der Waals surface area contributed by atoms with Crippen LogP contribution in [0.15, 0.2) is 54.9 Å². The van der Waals surface area contributed by atoms with Gasteiger partial charge in [-0.15, -0.1) is 0 Å². The number of rotatable bonds is 2. The van der Waals surface area contributed by atoms with Gasteiger partial charge in [0.2, 0.25) is 0 Å². The van der Waals surface area contributed by atoms with E-state index in [0.717, 1.165) is 30.7 Å². The van der Waals surface area contributed by atoms with Gasteiger partial charge in [0, 0.05) is 24.4 Å². The van der Waals surface area contributed by atoms with Crippen molar-refractivity contribution >= 4 is 16.7 Å². The Kier molecular flexibility index (Phi) is 3.22. The number of halogens is 1. The first-order valence-electron chi connectivity index (χ1n) is 7.52. The predicted octanol–water partition coefficient (Wildman–Crippen LogP) is 3.76. The summed E-state index contributed by atoms with van der Waals surface area (Å²) >= 11 is 0. The molecule has 4 heteroatoms. The molecule has 1 saturated heterocycles. The first-order valence-corrected chi connectivity index (χ1v) is 7.52. The molecule has 110 valence electrons. The Balaban J connectivity index is 1.68. The maximum absolute atomic E-state index is 13.9. The summed E-state index contributed by atoms with van der Waals surface area (Å²) in [6.07, 6.45) is 2.54. The molecule has 3 aromatic rings. The molecule has 0 amide bonds. The SMILES string of the molecule is Fc1cccc2c(N3CCC(c4ccccc4)C3)ncnc12. The molecule has 1 atom stereocenters. The zero-order valence-electron chi connectivity index (χ0n) is 12.1. The molecule has 0 spiro atoms. The molecule has 3 nitrogen and oxygen atoms in total. The minimum Gasteiger partial charge on any atom is -0.355 e. The van der Waals surface area contributed by atoms with E-state index in [1.165, 1.54) is 18.0 Å². The molecule has 2 heterocycles. The van der Waals surface area contributed by atoms with E-state index in [1.54, 1.807) is 6.07 Å². The van der Waals surface area contributed by atoms with Gasteiger partial charge in [0.1, 0.15) is 23.5 Å². The molecule has 0 saturated carbocycles. The van der Waals surface area contributed by atoms with Crippen LogP contribution in [-0.2, 0) is 0 Å². The van der Waals surface area contributed by atoms with Crippen LogP contribution in [-0.4, -0.2) is 23.1 Å². The normalized spacial score (nSPS) is 18.0. The number of aromatic nitrogens is 2. The molecule has 0 N–H and O–H groups in total. The van der Waals surface area contributed by atoms with Gasteiger partial charge in [-0.2, -0.15) is 0 Å². The number of fused-ring (bicyclic) bond motifs is 1. The van der Waals surface area contributed by atoms with Gasteiger partial charge in [0.25, 0.3) is 0 Å². The molecule has 1 aromatic heterocycles. The Bertz CT molecular complexity index is 804. The molecule has 1 aliphatic heterocycles. The zero-order valence-corrected chi connectivity index (χ0v) is 12.1. The van der Waals surface area contributed by atoms with Gasteiger partial charge in [0.15, 0.2) is 0 Å². The van der Waals surface area contributed by atoms with Gasteiger partial charge < -0.3 is 4.90 Å². The summed E-state index contributed by atoms with van der Waals surface area (Å²) in [6, 6.07) is 15.6. The van der Waals surface area contributed by atoms with Crippen molar-refractivity contribution in [1.29, 1.82) is 0 Å². The summed E-state index contributed by atoms with van der Waals surface area (Å²) in [5, 5.41) is 0.788. The summed E-state index contributed by atoms with van der Waals surface area (Å²) < 4.78 is 13.9. The largest absolute Gasteiger partial charge is 0.355 e. The number of nitrogens with zero attached hydrogens (tertiary/aromatic N) is 3. The van der Waals surface area contributed by atoms with Crippen molar-refractivity contribution in [3.05, 3.63) is 66.2 Å². The Hall–Kier alpha value is -2.49. The molecular weight excluding hydrogens is 277 g/mol. The number of para-hydroxylation sites is 1. The van der Waals surface area contributed by atoms with E-state index >= 15 is 0 Å². The fourth-order valence-electron chi connectivity index (χ4n) is 3.24. The van der Waals surface area contributed by atoms with E-state index < -0.39 is 0 Å². The molecule has 1 aliphatic rings. The Morgan fingerprint density at radius 3 is 2.73 bits per heavy atom. The second-order valence-electron chi connectivity index (χ2n) is 5.68. The lowest BCUT2D eigenvalue weighted by Gasteiger charge is -2.19. The number of benzene rings is 2. The maximum Gasteiger partial charge on any atom is 0.149 e. The maximum atomic E-state index is 13.9. The average molecular weight is 293 g/mol. The summed E-state index contributed by atoms with van der Waals surface area (Å²) in [5.74, 6) is 1.04. The molecular formula is C18H16FN3. The minimum absolute atomic E-state index is 0.292. The van der Waals surface area contributed by atoms with Gasteiger partial charge in [-0.1, -0.05) is 36.4 Å². The van der Waals surface area contributed by atoms with E-state index in [-0.39, 0.29) is 5.82 Å². The van der Waals surface area contributed by atoms with Crippen LogP contribution in [0.5, 0.6) is 0 Å². The fraction of sp³-hybridized carbons (Fsp3) is 0.222. The first kappa shape index (κ1) is 13.2. The second kappa shape index (κ2) is 5.37. The van der Waals surface area contributed by atoms with E-state index in [2.05, 4.69) is 39.1 Å². The van der Waals surface area contributed by atoms with Crippen LogP contribution in [0.4, 0.5) is 10.2 Å². The van der Waals surface area contributed by atoms with Crippen molar-refractivity contribution in [3.8, 4) is 0 Å². The Morgan fingerprint density at radius 1 is 1.00 bits per heavy atom. The lowest BCUT2D eigenvalue weighted by molar-refractivity contribution is 0.636. The van der Waals surface area contributed by atoms with Crippen molar-refractivity contribution in [3.63, 3.8) is 0 Å². The van der Waals surface area contributed by atoms with Crippen LogP contribution in [0.2, 0.25) is 0 Å². The smallest absolute Gasteiger partial charge is 0.149 e. The van der Waals surface area contributed by atoms with Crippen molar-refractivity contribution in [1.82, 2.24) is 9.97 Å². The van der Waals surface area contributed by atoms with Gasteiger partial charge in [-0.05, 0) is 24.1 Å². The van der Waals surface area contributed by atoms with Crippen LogP contribution >= 0.6 is 0 Å². The van der Waals surface area contributed by atoms with Crippen molar-refractivity contribution in [2.24, 2.45) is 0 Å². The van der Waals surface area contributed by atoms with E-state index in [0.29, 0.717) is 11.4 Å². The predicted molar refractivity (Wildman–Crippen MR) is 85.5 cm³/mol. The molecule has 1 unspecified atom stereocenters. The van der Waals surface area contributed by atoms with E-state index in [4.69, 9.17) is 0 Å². The molecule has 0 radical (unpaired) electrons. The highest BCUT2D eigenvalue weighted by molar-refractivity contribution is 5.89. The lowest BCUT2D eigenvalue weighted by atomic mass is 9.99. The van der Waals surface area contributed by atoms with Crippen LogP contribution in [0, 0.1) is 5.82 Å². The molecule has 0 aliphatic carbocycles. The number of hydrogen-bond acceptors (Lipinski definition) is 3. The summed E-state index contributed by atoms with van der Waals surface area (Å²) in [4.78, 5) is 10.7. The van der Waals surface area contributed by atoms with Crippen LogP contribution in [0.25, 0.3) is 10.9 Å². The van der Waals surface area contributed by atoms with E-state index in [9.17, 15) is 4.39 Å². The first-order chi connectivity index (χ1) is 10.8. The standard InChI is InChI=1S/C18H16FN3/c19-16-8-4-7-15-17(16)20-12-21-18(15)22-10-9-14(11-22)13-5-2-1-3-6-13/h1-8,12,14H,9-11H2. The monoisotopic (exact) mass is 293 g/mol. The topological polar surface area (TPSA) is 29.0 Å². The molecule has 1 fully saturated rings. The molecule has 0 bridgehead atoms. The van der Waals surface area contributed by atoms with E-state index in [1.807, 2.05) is 12.1 Å². The highest BCUT2D eigenvalue weighted by Gasteiger charge is 2.26. The summed E-state index contributed by atoms with van der Waals surface area (Å²) in [5.41, 5.74) is 1.75. The second-order valence-corrected chi connectivity index (χ2v) is 5.68. The molecule has 2 aromatic carbocycles.